The molecule has 24 heavy (non-hydrogen) atoms. The number of ether oxygens (including phenoxy) is 1. The van der Waals surface area contributed by atoms with Gasteiger partial charge in [-0.05, 0) is 37.0 Å². The van der Waals surface area contributed by atoms with Gasteiger partial charge in [-0.25, -0.2) is 5.14 Å². The number of carbonyl (C=O) groups is 1. The lowest BCUT2D eigenvalue weighted by molar-refractivity contribution is -0.130. The topological polar surface area (TPSA) is 128 Å². The summed E-state index contributed by atoms with van der Waals surface area (Å²) in [5, 5.41) is 8.12. The summed E-state index contributed by atoms with van der Waals surface area (Å²) in [7, 11) is -3.81. The van der Waals surface area contributed by atoms with Crippen LogP contribution < -0.4 is 20.5 Å². The van der Waals surface area contributed by atoms with Crippen molar-refractivity contribution in [2.75, 3.05) is 35.9 Å². The van der Waals surface area contributed by atoms with E-state index >= 15 is 0 Å². The number of nitrogens with zero attached hydrogens (tertiary/aromatic N) is 1. The average Bonchev–Trinajstić information content (AvgIpc) is 2.98. The van der Waals surface area contributed by atoms with Gasteiger partial charge in [0.15, 0.2) is 0 Å². The molecule has 2 heterocycles. The van der Waals surface area contributed by atoms with E-state index in [0.29, 0.717) is 50.4 Å². The van der Waals surface area contributed by atoms with Gasteiger partial charge in [-0.15, -0.1) is 0 Å². The predicted octanol–water partition coefficient (Wildman–Crippen LogP) is -0.0534. The lowest BCUT2D eigenvalue weighted by Gasteiger charge is -2.34. The maximum absolute atomic E-state index is 12.7. The van der Waals surface area contributed by atoms with Crippen LogP contribution in [-0.2, 0) is 26.2 Å². The Morgan fingerprint density at radius 2 is 2.04 bits per heavy atom. The molecule has 1 aromatic rings. The Bertz CT molecular complexity index is 744. The van der Waals surface area contributed by atoms with Crippen molar-refractivity contribution in [1.29, 1.82) is 0 Å². The molecule has 0 aliphatic carbocycles. The molecule has 2 aliphatic rings. The minimum absolute atomic E-state index is 0.159. The summed E-state index contributed by atoms with van der Waals surface area (Å²) in [5.41, 5.74) is 7.14. The highest BCUT2D eigenvalue weighted by molar-refractivity contribution is 7.90. The Kier molecular flexibility index (Phi) is 4.52. The summed E-state index contributed by atoms with van der Waals surface area (Å²) in [6.45, 7) is 1.58. The van der Waals surface area contributed by atoms with E-state index in [9.17, 15) is 13.2 Å². The molecule has 9 heteroatoms. The second-order valence-corrected chi connectivity index (χ2v) is 7.73. The molecule has 1 amide bonds. The maximum Gasteiger partial charge on any atom is 0.299 e. The van der Waals surface area contributed by atoms with Crippen molar-refractivity contribution in [3.05, 3.63) is 23.8 Å². The summed E-state index contributed by atoms with van der Waals surface area (Å²) in [6.07, 6.45) is 1.75. The number of hydrogen-bond donors (Lipinski definition) is 3. The van der Waals surface area contributed by atoms with Crippen molar-refractivity contribution in [1.82, 2.24) is 0 Å². The number of fused-ring (bicyclic) bond motifs is 1. The van der Waals surface area contributed by atoms with Crippen molar-refractivity contribution in [3.8, 4) is 0 Å². The van der Waals surface area contributed by atoms with Gasteiger partial charge in [0, 0.05) is 32.0 Å². The van der Waals surface area contributed by atoms with E-state index in [1.54, 1.807) is 12.1 Å². The third-order valence-corrected chi connectivity index (χ3v) is 5.82. The van der Waals surface area contributed by atoms with Crippen LogP contribution in [0.25, 0.3) is 0 Å². The van der Waals surface area contributed by atoms with Crippen molar-refractivity contribution in [3.63, 3.8) is 0 Å². The summed E-state index contributed by atoms with van der Waals surface area (Å²) in [5.74, 6) is -0.159. The maximum atomic E-state index is 12.7. The molecule has 1 aromatic carbocycles. The quantitative estimate of drug-likeness (QED) is 0.698. The summed E-state index contributed by atoms with van der Waals surface area (Å²) >= 11 is 0. The highest BCUT2D eigenvalue weighted by Gasteiger charge is 2.39. The Balaban J connectivity index is 1.83. The lowest BCUT2D eigenvalue weighted by atomic mass is 9.79. The summed E-state index contributed by atoms with van der Waals surface area (Å²) < 4.78 is 29.8. The van der Waals surface area contributed by atoms with Gasteiger partial charge in [0.25, 0.3) is 10.2 Å². The first kappa shape index (κ1) is 17.2. The fraction of sp³-hybridized carbons (Fsp3) is 0.533. The molecule has 0 spiro atoms. The van der Waals surface area contributed by atoms with Gasteiger partial charge in [-0.2, -0.15) is 8.42 Å². The summed E-state index contributed by atoms with van der Waals surface area (Å²) in [6, 6.07) is 5.23. The number of hydrogen-bond acceptors (Lipinski definition) is 5. The highest BCUT2D eigenvalue weighted by Crippen LogP contribution is 2.34. The van der Waals surface area contributed by atoms with Crippen LogP contribution in [0.15, 0.2) is 18.2 Å². The van der Waals surface area contributed by atoms with Crippen LogP contribution in [0.4, 0.5) is 11.4 Å². The third-order valence-electron chi connectivity index (χ3n) is 4.83. The zero-order valence-corrected chi connectivity index (χ0v) is 14.1. The fourth-order valence-corrected chi connectivity index (χ4v) is 4.03. The second-order valence-electron chi connectivity index (χ2n) is 6.26. The molecule has 1 fully saturated rings. The largest absolute Gasteiger partial charge is 0.381 e. The first-order valence-electron chi connectivity index (χ1n) is 7.88. The summed E-state index contributed by atoms with van der Waals surface area (Å²) in [4.78, 5) is 12.7. The Labute approximate surface area is 141 Å². The van der Waals surface area contributed by atoms with Crippen molar-refractivity contribution >= 4 is 27.5 Å². The number of nitrogens with two attached hydrogens (primary N) is 2. The smallest absolute Gasteiger partial charge is 0.299 e. The monoisotopic (exact) mass is 354 g/mol. The first-order valence-corrected chi connectivity index (χ1v) is 9.39. The van der Waals surface area contributed by atoms with Crippen molar-refractivity contribution < 1.29 is 17.9 Å². The molecule has 0 radical (unpaired) electrons. The molecular weight excluding hydrogens is 332 g/mol. The second kappa shape index (κ2) is 6.32. The van der Waals surface area contributed by atoms with Crippen LogP contribution in [0, 0.1) is 5.41 Å². The van der Waals surface area contributed by atoms with Crippen LogP contribution in [-0.4, -0.2) is 40.6 Å². The van der Waals surface area contributed by atoms with Gasteiger partial charge in [0.05, 0.1) is 11.1 Å². The van der Waals surface area contributed by atoms with Gasteiger partial charge >= 0.3 is 0 Å². The van der Waals surface area contributed by atoms with Crippen LogP contribution in [0.3, 0.4) is 0 Å². The SMILES string of the molecule is NCC1(C(=O)Nc2ccc3c(c2)N(S(N)(=O)=O)CC3)CCOCC1. The lowest BCUT2D eigenvalue weighted by Crippen LogP contribution is -2.46. The molecule has 8 nitrogen and oxygen atoms in total. The zero-order chi connectivity index (χ0) is 17.4. The number of amides is 1. The fourth-order valence-electron chi connectivity index (χ4n) is 3.24. The van der Waals surface area contributed by atoms with Gasteiger partial charge < -0.3 is 15.8 Å². The molecule has 0 saturated carbocycles. The molecule has 1 saturated heterocycles. The van der Waals surface area contributed by atoms with E-state index in [1.807, 2.05) is 6.07 Å². The van der Waals surface area contributed by atoms with E-state index in [0.717, 1.165) is 9.87 Å². The van der Waals surface area contributed by atoms with Gasteiger partial charge in [-0.1, -0.05) is 6.07 Å². The van der Waals surface area contributed by atoms with Crippen LogP contribution >= 0.6 is 0 Å². The normalized spacial score (nSPS) is 19.8. The van der Waals surface area contributed by atoms with E-state index in [4.69, 9.17) is 15.6 Å². The van der Waals surface area contributed by atoms with E-state index in [-0.39, 0.29) is 12.5 Å². The molecule has 3 rings (SSSR count). The van der Waals surface area contributed by atoms with E-state index in [1.165, 1.54) is 0 Å². The van der Waals surface area contributed by atoms with Gasteiger partial charge in [0.1, 0.15) is 0 Å². The van der Waals surface area contributed by atoms with Crippen LogP contribution in [0.2, 0.25) is 0 Å². The first-order chi connectivity index (χ1) is 11.4. The van der Waals surface area contributed by atoms with Crippen LogP contribution in [0.1, 0.15) is 18.4 Å². The number of rotatable bonds is 4. The van der Waals surface area contributed by atoms with Crippen molar-refractivity contribution in [2.45, 2.75) is 19.3 Å². The predicted molar refractivity (Wildman–Crippen MR) is 90.8 cm³/mol. The van der Waals surface area contributed by atoms with Crippen LogP contribution in [0.5, 0.6) is 0 Å². The van der Waals surface area contributed by atoms with E-state index in [2.05, 4.69) is 5.32 Å². The van der Waals surface area contributed by atoms with Gasteiger partial charge in [0.2, 0.25) is 5.91 Å². The number of nitrogens with one attached hydrogen (secondary N) is 1. The molecule has 0 unspecified atom stereocenters. The third kappa shape index (κ3) is 3.12. The number of anilines is 2. The Morgan fingerprint density at radius 3 is 2.67 bits per heavy atom. The van der Waals surface area contributed by atoms with Gasteiger partial charge in [-0.3, -0.25) is 9.10 Å². The highest BCUT2D eigenvalue weighted by atomic mass is 32.2. The minimum atomic E-state index is -3.81. The molecule has 0 atom stereocenters. The number of benzene rings is 1. The molecule has 0 aromatic heterocycles. The Morgan fingerprint density at radius 1 is 1.33 bits per heavy atom. The number of carbonyl (C=O) groups excluding carboxylic acids is 1. The minimum Gasteiger partial charge on any atom is -0.381 e. The Hall–Kier alpha value is -1.68. The molecule has 5 N–H and O–H groups in total. The molecular formula is C15H22N4O4S. The molecule has 0 bridgehead atoms. The van der Waals surface area contributed by atoms with E-state index < -0.39 is 15.6 Å². The van der Waals surface area contributed by atoms with Crippen molar-refractivity contribution in [2.24, 2.45) is 16.3 Å². The zero-order valence-electron chi connectivity index (χ0n) is 13.3. The standard InChI is InChI=1S/C15H22N4O4S/c16-10-15(4-7-23-8-5-15)14(20)18-12-2-1-11-3-6-19(13(11)9-12)24(17,21)22/h1-2,9H,3-8,10,16H2,(H,18,20)(H2,17,21,22). The molecule has 2 aliphatic heterocycles. The molecule has 132 valence electrons. The average molecular weight is 354 g/mol.